The number of benzene rings is 1. The summed E-state index contributed by atoms with van der Waals surface area (Å²) in [6.45, 7) is 0. The second-order valence-corrected chi connectivity index (χ2v) is 4.43. The third-order valence-corrected chi connectivity index (χ3v) is 3.07. The summed E-state index contributed by atoms with van der Waals surface area (Å²) < 4.78 is 7.07. The molecule has 0 saturated carbocycles. The maximum atomic E-state index is 5.27. The van der Waals surface area contributed by atoms with E-state index in [1.165, 1.54) is 0 Å². The highest BCUT2D eigenvalue weighted by Gasteiger charge is 2.12. The Labute approximate surface area is 116 Å². The quantitative estimate of drug-likeness (QED) is 0.731. The molecule has 0 aliphatic carbocycles. The zero-order valence-corrected chi connectivity index (χ0v) is 11.3. The minimum Gasteiger partial charge on any atom is -0.497 e. The van der Waals surface area contributed by atoms with Gasteiger partial charge in [-0.2, -0.15) is 15.3 Å². The van der Waals surface area contributed by atoms with Gasteiger partial charge >= 0.3 is 0 Å². The SMILES string of the molecule is COc1cccc(-c2nn(C)cc2-c2ccnnc2)c1. The number of methoxy groups -OCH3 is 1. The zero-order chi connectivity index (χ0) is 13.9. The molecule has 20 heavy (non-hydrogen) atoms. The molecule has 2 aromatic heterocycles. The number of hydrogen-bond acceptors (Lipinski definition) is 4. The first kappa shape index (κ1) is 12.3. The summed E-state index contributed by atoms with van der Waals surface area (Å²) in [5, 5.41) is 12.3. The van der Waals surface area contributed by atoms with Gasteiger partial charge in [-0.25, -0.2) is 0 Å². The predicted molar refractivity (Wildman–Crippen MR) is 76.2 cm³/mol. The van der Waals surface area contributed by atoms with Crippen LogP contribution >= 0.6 is 0 Å². The second-order valence-electron chi connectivity index (χ2n) is 4.43. The van der Waals surface area contributed by atoms with Gasteiger partial charge in [0.2, 0.25) is 0 Å². The van der Waals surface area contributed by atoms with Gasteiger partial charge < -0.3 is 4.74 Å². The van der Waals surface area contributed by atoms with Crippen LogP contribution in [0.2, 0.25) is 0 Å². The Morgan fingerprint density at radius 3 is 2.75 bits per heavy atom. The van der Waals surface area contributed by atoms with Gasteiger partial charge in [-0.15, -0.1) is 0 Å². The summed E-state index contributed by atoms with van der Waals surface area (Å²) >= 11 is 0. The third-order valence-electron chi connectivity index (χ3n) is 3.07. The summed E-state index contributed by atoms with van der Waals surface area (Å²) in [5.41, 5.74) is 3.93. The van der Waals surface area contributed by atoms with Crippen molar-refractivity contribution in [3.63, 3.8) is 0 Å². The molecular weight excluding hydrogens is 252 g/mol. The van der Waals surface area contributed by atoms with E-state index in [1.54, 1.807) is 24.2 Å². The molecule has 0 amide bonds. The number of aryl methyl sites for hydroxylation is 1. The van der Waals surface area contributed by atoms with E-state index in [0.717, 1.165) is 28.1 Å². The molecule has 0 saturated heterocycles. The van der Waals surface area contributed by atoms with Gasteiger partial charge in [0, 0.05) is 29.9 Å². The standard InChI is InChI=1S/C15H14N4O/c1-19-10-14(12-6-7-16-17-9-12)15(18-19)11-4-3-5-13(8-11)20-2/h3-10H,1-2H3. The van der Waals surface area contributed by atoms with Crippen LogP contribution in [0.25, 0.3) is 22.4 Å². The van der Waals surface area contributed by atoms with Crippen LogP contribution in [0.5, 0.6) is 5.75 Å². The van der Waals surface area contributed by atoms with Gasteiger partial charge in [-0.1, -0.05) is 12.1 Å². The molecule has 0 fully saturated rings. The van der Waals surface area contributed by atoms with Crippen LogP contribution in [0.4, 0.5) is 0 Å². The molecule has 0 N–H and O–H groups in total. The number of rotatable bonds is 3. The monoisotopic (exact) mass is 266 g/mol. The van der Waals surface area contributed by atoms with E-state index in [4.69, 9.17) is 4.74 Å². The number of nitrogens with zero attached hydrogens (tertiary/aromatic N) is 4. The molecule has 0 aliphatic heterocycles. The topological polar surface area (TPSA) is 52.8 Å². The van der Waals surface area contributed by atoms with Crippen LogP contribution in [0.1, 0.15) is 0 Å². The molecule has 0 radical (unpaired) electrons. The fraction of sp³-hybridized carbons (Fsp3) is 0.133. The largest absolute Gasteiger partial charge is 0.497 e. The van der Waals surface area contributed by atoms with Crippen LogP contribution < -0.4 is 4.74 Å². The summed E-state index contributed by atoms with van der Waals surface area (Å²) in [6, 6.07) is 9.79. The lowest BCUT2D eigenvalue weighted by Crippen LogP contribution is -1.89. The van der Waals surface area contributed by atoms with Crippen molar-refractivity contribution in [1.82, 2.24) is 20.0 Å². The Bertz CT molecular complexity index is 722. The predicted octanol–water partition coefficient (Wildman–Crippen LogP) is 2.55. The molecule has 3 rings (SSSR count). The molecule has 2 heterocycles. The Morgan fingerprint density at radius 1 is 1.10 bits per heavy atom. The minimum absolute atomic E-state index is 0.812. The van der Waals surface area contributed by atoms with Gasteiger partial charge in [0.05, 0.1) is 19.5 Å². The first-order chi connectivity index (χ1) is 9.78. The molecule has 0 unspecified atom stereocenters. The van der Waals surface area contributed by atoms with Crippen molar-refractivity contribution in [3.8, 4) is 28.1 Å². The van der Waals surface area contributed by atoms with E-state index in [9.17, 15) is 0 Å². The van der Waals surface area contributed by atoms with Crippen molar-refractivity contribution >= 4 is 0 Å². The first-order valence-electron chi connectivity index (χ1n) is 6.23. The van der Waals surface area contributed by atoms with Gasteiger partial charge in [0.25, 0.3) is 0 Å². The minimum atomic E-state index is 0.812. The van der Waals surface area contributed by atoms with Crippen molar-refractivity contribution < 1.29 is 4.74 Å². The van der Waals surface area contributed by atoms with Crippen molar-refractivity contribution in [2.75, 3.05) is 7.11 Å². The normalized spacial score (nSPS) is 10.5. The summed E-state index contributed by atoms with van der Waals surface area (Å²) in [6.07, 6.45) is 5.39. The van der Waals surface area contributed by atoms with E-state index >= 15 is 0 Å². The highest BCUT2D eigenvalue weighted by Crippen LogP contribution is 2.31. The molecular formula is C15H14N4O. The molecule has 5 heteroatoms. The zero-order valence-electron chi connectivity index (χ0n) is 11.3. The number of hydrogen-bond donors (Lipinski definition) is 0. The number of ether oxygens (including phenoxy) is 1. The van der Waals surface area contributed by atoms with E-state index in [0.29, 0.717) is 0 Å². The lowest BCUT2D eigenvalue weighted by Gasteiger charge is -2.04. The van der Waals surface area contributed by atoms with E-state index in [1.807, 2.05) is 43.6 Å². The van der Waals surface area contributed by atoms with Gasteiger partial charge in [0.1, 0.15) is 11.4 Å². The van der Waals surface area contributed by atoms with Crippen LogP contribution in [-0.2, 0) is 7.05 Å². The summed E-state index contributed by atoms with van der Waals surface area (Å²) in [5.74, 6) is 0.812. The van der Waals surface area contributed by atoms with Crippen LogP contribution in [0, 0.1) is 0 Å². The third kappa shape index (κ3) is 2.25. The molecule has 0 atom stereocenters. The smallest absolute Gasteiger partial charge is 0.119 e. The fourth-order valence-corrected chi connectivity index (χ4v) is 2.13. The lowest BCUT2D eigenvalue weighted by atomic mass is 10.0. The highest BCUT2D eigenvalue weighted by molar-refractivity contribution is 5.80. The second kappa shape index (κ2) is 5.13. The van der Waals surface area contributed by atoms with Gasteiger partial charge in [0.15, 0.2) is 0 Å². The molecule has 1 aromatic carbocycles. The van der Waals surface area contributed by atoms with Crippen molar-refractivity contribution in [2.45, 2.75) is 0 Å². The fourth-order valence-electron chi connectivity index (χ4n) is 2.13. The Kier molecular flexibility index (Phi) is 3.16. The highest BCUT2D eigenvalue weighted by atomic mass is 16.5. The molecule has 3 aromatic rings. The van der Waals surface area contributed by atoms with Crippen molar-refractivity contribution in [2.24, 2.45) is 7.05 Å². The molecule has 0 bridgehead atoms. The van der Waals surface area contributed by atoms with Gasteiger partial charge in [-0.05, 0) is 18.2 Å². The van der Waals surface area contributed by atoms with E-state index < -0.39 is 0 Å². The van der Waals surface area contributed by atoms with Gasteiger partial charge in [-0.3, -0.25) is 4.68 Å². The maximum absolute atomic E-state index is 5.27. The first-order valence-corrected chi connectivity index (χ1v) is 6.23. The Balaban J connectivity index is 2.14. The average Bonchev–Trinajstić information content (AvgIpc) is 2.90. The summed E-state index contributed by atoms with van der Waals surface area (Å²) in [4.78, 5) is 0. The lowest BCUT2D eigenvalue weighted by molar-refractivity contribution is 0.415. The molecule has 0 spiro atoms. The molecule has 100 valence electrons. The Morgan fingerprint density at radius 2 is 2.00 bits per heavy atom. The van der Waals surface area contributed by atoms with Crippen LogP contribution in [-0.4, -0.2) is 27.1 Å². The number of aromatic nitrogens is 4. The molecule has 0 aliphatic rings. The summed E-state index contributed by atoms with van der Waals surface area (Å²) in [7, 11) is 3.56. The van der Waals surface area contributed by atoms with E-state index in [-0.39, 0.29) is 0 Å². The maximum Gasteiger partial charge on any atom is 0.119 e. The average molecular weight is 266 g/mol. The van der Waals surface area contributed by atoms with Crippen LogP contribution in [0.3, 0.4) is 0 Å². The van der Waals surface area contributed by atoms with Crippen molar-refractivity contribution in [1.29, 1.82) is 0 Å². The van der Waals surface area contributed by atoms with Crippen LogP contribution in [0.15, 0.2) is 48.9 Å². The molecule has 5 nitrogen and oxygen atoms in total. The van der Waals surface area contributed by atoms with Crippen molar-refractivity contribution in [3.05, 3.63) is 48.9 Å². The van der Waals surface area contributed by atoms with E-state index in [2.05, 4.69) is 15.3 Å². The Hall–Kier alpha value is -2.69.